The molecular formula is C20H27N3O2. The SMILES string of the molecule is C#CC1(O)CCN(C(=O)Nc2ccc(N3CCC(C)CC3)cc2)CC1. The number of hydrogen-bond acceptors (Lipinski definition) is 3. The van der Waals surface area contributed by atoms with Gasteiger partial charge in [-0.05, 0) is 43.0 Å². The van der Waals surface area contributed by atoms with Gasteiger partial charge in [0.2, 0.25) is 0 Å². The summed E-state index contributed by atoms with van der Waals surface area (Å²) in [4.78, 5) is 16.5. The zero-order valence-electron chi connectivity index (χ0n) is 14.9. The van der Waals surface area contributed by atoms with E-state index < -0.39 is 5.60 Å². The summed E-state index contributed by atoms with van der Waals surface area (Å²) in [7, 11) is 0. The number of aliphatic hydroxyl groups is 1. The van der Waals surface area contributed by atoms with Crippen LogP contribution in [0.5, 0.6) is 0 Å². The number of rotatable bonds is 2. The van der Waals surface area contributed by atoms with Gasteiger partial charge >= 0.3 is 6.03 Å². The molecule has 2 heterocycles. The molecule has 134 valence electrons. The standard InChI is InChI=1S/C20H27N3O2/c1-3-20(25)10-14-23(15-11-20)19(24)21-17-4-6-18(7-5-17)22-12-8-16(2)9-13-22/h1,4-7,16,25H,8-15H2,2H3,(H,21,24). The van der Waals surface area contributed by atoms with Gasteiger partial charge in [0.25, 0.3) is 0 Å². The van der Waals surface area contributed by atoms with Crippen LogP contribution in [0.3, 0.4) is 0 Å². The normalized spacial score (nSPS) is 20.8. The van der Waals surface area contributed by atoms with E-state index >= 15 is 0 Å². The summed E-state index contributed by atoms with van der Waals surface area (Å²) < 4.78 is 0. The van der Waals surface area contributed by atoms with Crippen LogP contribution < -0.4 is 10.2 Å². The highest BCUT2D eigenvalue weighted by Crippen LogP contribution is 2.25. The number of amides is 2. The van der Waals surface area contributed by atoms with Crippen molar-refractivity contribution in [1.29, 1.82) is 0 Å². The van der Waals surface area contributed by atoms with Crippen molar-refractivity contribution >= 4 is 17.4 Å². The Kier molecular flexibility index (Phi) is 5.19. The van der Waals surface area contributed by atoms with Crippen LogP contribution in [0.15, 0.2) is 24.3 Å². The number of urea groups is 1. The Balaban J connectivity index is 1.53. The van der Waals surface area contributed by atoms with E-state index in [1.165, 1.54) is 18.5 Å². The lowest BCUT2D eigenvalue weighted by Crippen LogP contribution is -2.47. The minimum Gasteiger partial charge on any atom is -0.377 e. The Bertz CT molecular complexity index is 634. The molecule has 0 aromatic heterocycles. The molecule has 0 unspecified atom stereocenters. The number of nitrogens with zero attached hydrogens (tertiary/aromatic N) is 2. The van der Waals surface area contributed by atoms with Gasteiger partial charge in [-0.25, -0.2) is 4.79 Å². The molecule has 0 atom stereocenters. The van der Waals surface area contributed by atoms with Crippen LogP contribution in [0.1, 0.15) is 32.6 Å². The van der Waals surface area contributed by atoms with Crippen LogP contribution in [-0.2, 0) is 0 Å². The molecule has 1 aromatic carbocycles. The second-order valence-electron chi connectivity index (χ2n) is 7.31. The van der Waals surface area contributed by atoms with Crippen LogP contribution in [0.4, 0.5) is 16.2 Å². The first-order valence-corrected chi connectivity index (χ1v) is 9.10. The van der Waals surface area contributed by atoms with Gasteiger partial charge in [-0.15, -0.1) is 6.42 Å². The van der Waals surface area contributed by atoms with E-state index in [-0.39, 0.29) is 6.03 Å². The summed E-state index contributed by atoms with van der Waals surface area (Å²) in [5.41, 5.74) is 0.934. The Morgan fingerprint density at radius 2 is 1.80 bits per heavy atom. The fourth-order valence-corrected chi connectivity index (χ4v) is 3.45. The Morgan fingerprint density at radius 3 is 2.36 bits per heavy atom. The molecule has 0 bridgehead atoms. The number of hydrogen-bond donors (Lipinski definition) is 2. The number of likely N-dealkylation sites (tertiary alicyclic amines) is 1. The average Bonchev–Trinajstić information content (AvgIpc) is 2.64. The van der Waals surface area contributed by atoms with Crippen LogP contribution in [0, 0.1) is 18.3 Å². The first-order valence-electron chi connectivity index (χ1n) is 9.10. The molecule has 1 aromatic rings. The lowest BCUT2D eigenvalue weighted by atomic mass is 9.93. The van der Waals surface area contributed by atoms with Gasteiger partial charge in [-0.3, -0.25) is 0 Å². The minimum absolute atomic E-state index is 0.140. The summed E-state index contributed by atoms with van der Waals surface area (Å²) >= 11 is 0. The van der Waals surface area contributed by atoms with E-state index in [9.17, 15) is 9.90 Å². The molecule has 0 aliphatic carbocycles. The van der Waals surface area contributed by atoms with Gasteiger partial charge in [0.05, 0.1) is 0 Å². The quantitative estimate of drug-likeness (QED) is 0.813. The van der Waals surface area contributed by atoms with E-state index in [0.29, 0.717) is 25.9 Å². The van der Waals surface area contributed by atoms with Crippen molar-refractivity contribution in [1.82, 2.24) is 4.90 Å². The maximum absolute atomic E-state index is 12.4. The van der Waals surface area contributed by atoms with Crippen molar-refractivity contribution in [3.63, 3.8) is 0 Å². The molecule has 0 spiro atoms. The number of terminal acetylenes is 1. The lowest BCUT2D eigenvalue weighted by molar-refractivity contribution is 0.0398. The fourth-order valence-electron chi connectivity index (χ4n) is 3.45. The van der Waals surface area contributed by atoms with Gasteiger partial charge in [-0.1, -0.05) is 12.8 Å². The monoisotopic (exact) mass is 341 g/mol. The lowest BCUT2D eigenvalue weighted by Gasteiger charge is -2.35. The largest absolute Gasteiger partial charge is 0.377 e. The van der Waals surface area contributed by atoms with E-state index in [2.05, 4.69) is 35.2 Å². The summed E-state index contributed by atoms with van der Waals surface area (Å²) in [5.74, 6) is 3.23. The van der Waals surface area contributed by atoms with Crippen LogP contribution >= 0.6 is 0 Å². The minimum atomic E-state index is -1.07. The predicted molar refractivity (Wildman–Crippen MR) is 101 cm³/mol. The third-order valence-electron chi connectivity index (χ3n) is 5.41. The van der Waals surface area contributed by atoms with Gasteiger partial charge < -0.3 is 20.2 Å². The van der Waals surface area contributed by atoms with E-state index in [1.807, 2.05) is 12.1 Å². The highest BCUT2D eigenvalue weighted by molar-refractivity contribution is 5.89. The Hall–Kier alpha value is -2.19. The maximum Gasteiger partial charge on any atom is 0.321 e. The van der Waals surface area contributed by atoms with Gasteiger partial charge in [0.1, 0.15) is 5.60 Å². The van der Waals surface area contributed by atoms with Gasteiger partial charge in [0, 0.05) is 50.4 Å². The van der Waals surface area contributed by atoms with Crippen molar-refractivity contribution in [3.8, 4) is 12.3 Å². The zero-order chi connectivity index (χ0) is 17.9. The molecule has 2 saturated heterocycles. The van der Waals surface area contributed by atoms with Gasteiger partial charge in [0.15, 0.2) is 0 Å². The fraction of sp³-hybridized carbons (Fsp3) is 0.550. The molecule has 2 aliphatic rings. The van der Waals surface area contributed by atoms with Crippen molar-refractivity contribution in [2.75, 3.05) is 36.4 Å². The van der Waals surface area contributed by atoms with Crippen molar-refractivity contribution in [3.05, 3.63) is 24.3 Å². The topological polar surface area (TPSA) is 55.8 Å². The van der Waals surface area contributed by atoms with Crippen molar-refractivity contribution in [2.24, 2.45) is 5.92 Å². The maximum atomic E-state index is 12.4. The van der Waals surface area contributed by atoms with Crippen molar-refractivity contribution < 1.29 is 9.90 Å². The molecule has 0 radical (unpaired) electrons. The van der Waals surface area contributed by atoms with Crippen LogP contribution in [0.2, 0.25) is 0 Å². The van der Waals surface area contributed by atoms with Gasteiger partial charge in [-0.2, -0.15) is 0 Å². The zero-order valence-corrected chi connectivity index (χ0v) is 14.9. The summed E-state index contributed by atoms with van der Waals surface area (Å²) in [5, 5.41) is 13.0. The molecule has 5 nitrogen and oxygen atoms in total. The van der Waals surface area contributed by atoms with E-state index in [4.69, 9.17) is 6.42 Å². The summed E-state index contributed by atoms with van der Waals surface area (Å²) in [6.07, 6.45) is 8.65. The number of nitrogens with one attached hydrogen (secondary N) is 1. The van der Waals surface area contributed by atoms with Crippen LogP contribution in [-0.4, -0.2) is 47.8 Å². The summed E-state index contributed by atoms with van der Waals surface area (Å²) in [6.45, 7) is 5.44. The molecular weight excluding hydrogens is 314 g/mol. The molecule has 0 saturated carbocycles. The number of piperidine rings is 2. The third kappa shape index (κ3) is 4.26. The highest BCUT2D eigenvalue weighted by Gasteiger charge is 2.32. The first-order chi connectivity index (χ1) is 12.0. The molecule has 25 heavy (non-hydrogen) atoms. The second kappa shape index (κ2) is 7.37. The number of carbonyl (C=O) groups excluding carboxylic acids is 1. The molecule has 2 N–H and O–H groups in total. The number of carbonyl (C=O) groups is 1. The predicted octanol–water partition coefficient (Wildman–Crippen LogP) is 2.91. The Morgan fingerprint density at radius 1 is 1.20 bits per heavy atom. The first kappa shape index (κ1) is 17.6. The number of benzene rings is 1. The molecule has 2 aliphatic heterocycles. The van der Waals surface area contributed by atoms with E-state index in [1.54, 1.807) is 4.90 Å². The molecule has 2 amide bonds. The molecule has 5 heteroatoms. The molecule has 3 rings (SSSR count). The summed E-state index contributed by atoms with van der Waals surface area (Å²) in [6, 6.07) is 7.90. The molecule has 2 fully saturated rings. The Labute approximate surface area is 150 Å². The third-order valence-corrected chi connectivity index (χ3v) is 5.41. The second-order valence-corrected chi connectivity index (χ2v) is 7.31. The average molecular weight is 341 g/mol. The van der Waals surface area contributed by atoms with E-state index in [0.717, 1.165) is 24.7 Å². The van der Waals surface area contributed by atoms with Crippen LogP contribution in [0.25, 0.3) is 0 Å². The number of anilines is 2. The smallest absolute Gasteiger partial charge is 0.321 e. The van der Waals surface area contributed by atoms with Crippen molar-refractivity contribution in [2.45, 2.75) is 38.2 Å². The highest BCUT2D eigenvalue weighted by atomic mass is 16.3.